The molecule has 1 saturated heterocycles. The van der Waals surface area contributed by atoms with Gasteiger partial charge in [-0.05, 0) is 59.0 Å². The molecule has 1 aliphatic heterocycles. The van der Waals surface area contributed by atoms with Gasteiger partial charge in [-0.3, -0.25) is 19.4 Å². The number of imide groups is 1. The fourth-order valence-corrected chi connectivity index (χ4v) is 7.04. The number of amides is 3. The van der Waals surface area contributed by atoms with Crippen LogP contribution in [0.1, 0.15) is 44.1 Å². The largest absolute Gasteiger partial charge is 0.274 e. The number of carbonyl (C=O) groups is 3. The van der Waals surface area contributed by atoms with Gasteiger partial charge < -0.3 is 0 Å². The first kappa shape index (κ1) is 24.4. The molecule has 7 nitrogen and oxygen atoms in total. The number of anilines is 1. The van der Waals surface area contributed by atoms with Crippen LogP contribution in [0, 0.1) is 18.8 Å². The molecular weight excluding hydrogens is 524 g/mol. The summed E-state index contributed by atoms with van der Waals surface area (Å²) in [7, 11) is 0. The van der Waals surface area contributed by atoms with Crippen molar-refractivity contribution in [2.45, 2.75) is 18.3 Å². The molecule has 1 fully saturated rings. The Balaban J connectivity index is 1.43. The fraction of sp³-hybridized carbons (Fsp3) is 0.156. The van der Waals surface area contributed by atoms with Crippen LogP contribution in [0.25, 0.3) is 0 Å². The molecule has 40 heavy (non-hydrogen) atoms. The highest BCUT2D eigenvalue weighted by molar-refractivity contribution is 6.31. The van der Waals surface area contributed by atoms with E-state index in [0.717, 1.165) is 27.8 Å². The van der Waals surface area contributed by atoms with Gasteiger partial charge in [0.2, 0.25) is 11.8 Å². The topological polar surface area (TPSA) is 91.7 Å². The van der Waals surface area contributed by atoms with Crippen LogP contribution in [-0.2, 0) is 15.0 Å². The minimum atomic E-state index is -1.08. The normalized spacial score (nSPS) is 24.1. The van der Waals surface area contributed by atoms with E-state index in [1.54, 1.807) is 30.5 Å². The van der Waals surface area contributed by atoms with Crippen LogP contribution in [0.4, 0.5) is 5.69 Å². The molecule has 0 spiro atoms. The number of benzene rings is 3. The number of carbonyl (C=O) groups excluding carboxylic acids is 3. The monoisotopic (exact) mass is 546 g/mol. The Morgan fingerprint density at radius 2 is 1.60 bits per heavy atom. The highest BCUT2D eigenvalue weighted by Crippen LogP contribution is 2.63. The summed E-state index contributed by atoms with van der Waals surface area (Å²) in [5.41, 5.74) is 7.01. The van der Waals surface area contributed by atoms with Gasteiger partial charge in [-0.25, -0.2) is 10.3 Å². The number of hydrogen-bond acceptors (Lipinski definition) is 5. The molecule has 3 aliphatic carbocycles. The SMILES string of the molecule is Cc1ccc(Cl)cc1N1C(=O)[C@@H]2[C@@H](C1=O)C1c3ccccc3C2(/C=N\NC(=O)c2ccncc2)c2ccccc21. The molecule has 4 aliphatic rings. The Hall–Kier alpha value is -4.62. The first-order valence-electron chi connectivity index (χ1n) is 13.0. The number of hydrogen-bond donors (Lipinski definition) is 1. The maximum Gasteiger partial charge on any atom is 0.271 e. The standard InChI is InChI=1S/C32H23ClN4O3/c1-18-10-11-20(33)16-25(18)37-30(39)27-26-21-6-2-4-8-23(21)32(28(27)31(37)40,24-9-5-3-7-22(24)26)17-35-36-29(38)19-12-14-34-15-13-19/h2-17,26-28H,1H3,(H,36,38)/b35-17-/t26?,27-,28-,32?/m0/s1. The number of aromatic nitrogens is 1. The predicted molar refractivity (Wildman–Crippen MR) is 151 cm³/mol. The first-order valence-corrected chi connectivity index (χ1v) is 13.4. The molecule has 8 rings (SSSR count). The lowest BCUT2D eigenvalue weighted by molar-refractivity contribution is -0.122. The summed E-state index contributed by atoms with van der Waals surface area (Å²) in [6.45, 7) is 1.86. The summed E-state index contributed by atoms with van der Waals surface area (Å²) in [4.78, 5) is 46.8. The minimum absolute atomic E-state index is 0.257. The lowest BCUT2D eigenvalue weighted by atomic mass is 9.47. The third-order valence-electron chi connectivity index (χ3n) is 8.47. The Kier molecular flexibility index (Phi) is 5.47. The second-order valence-corrected chi connectivity index (χ2v) is 10.8. The van der Waals surface area contributed by atoms with Gasteiger partial charge >= 0.3 is 0 Å². The third-order valence-corrected chi connectivity index (χ3v) is 8.71. The summed E-state index contributed by atoms with van der Waals surface area (Å²) >= 11 is 6.32. The van der Waals surface area contributed by atoms with Crippen LogP contribution in [0.15, 0.2) is 96.4 Å². The van der Waals surface area contributed by atoms with Gasteiger partial charge in [-0.1, -0.05) is 66.2 Å². The van der Waals surface area contributed by atoms with Crippen molar-refractivity contribution in [2.75, 3.05) is 4.90 Å². The molecule has 1 N–H and O–H groups in total. The number of rotatable bonds is 4. The van der Waals surface area contributed by atoms with Crippen LogP contribution in [-0.4, -0.2) is 28.9 Å². The second kappa shape index (κ2) is 8.96. The molecule has 2 atom stereocenters. The lowest BCUT2D eigenvalue weighted by Crippen LogP contribution is -2.54. The molecule has 0 saturated carbocycles. The molecular formula is C32H23ClN4O3. The zero-order chi connectivity index (χ0) is 27.6. The van der Waals surface area contributed by atoms with Crippen molar-refractivity contribution < 1.29 is 14.4 Å². The summed E-state index contributed by atoms with van der Waals surface area (Å²) in [6, 6.07) is 24.2. The molecule has 8 heteroatoms. The van der Waals surface area contributed by atoms with E-state index in [4.69, 9.17) is 11.6 Å². The van der Waals surface area contributed by atoms with E-state index >= 15 is 0 Å². The number of hydrazone groups is 1. The molecule has 196 valence electrons. The van der Waals surface area contributed by atoms with E-state index in [2.05, 4.69) is 15.5 Å². The molecule has 3 amide bonds. The summed E-state index contributed by atoms with van der Waals surface area (Å²) in [5, 5.41) is 4.88. The van der Waals surface area contributed by atoms with Gasteiger partial charge in [0.25, 0.3) is 5.91 Å². The summed E-state index contributed by atoms with van der Waals surface area (Å²) < 4.78 is 0. The fourth-order valence-electron chi connectivity index (χ4n) is 6.87. The van der Waals surface area contributed by atoms with E-state index in [-0.39, 0.29) is 17.7 Å². The maximum atomic E-state index is 14.5. The summed E-state index contributed by atoms with van der Waals surface area (Å²) in [6.07, 6.45) is 4.72. The zero-order valence-electron chi connectivity index (χ0n) is 21.4. The first-order chi connectivity index (χ1) is 19.4. The van der Waals surface area contributed by atoms with E-state index in [1.165, 1.54) is 17.3 Å². The number of nitrogens with one attached hydrogen (secondary N) is 1. The van der Waals surface area contributed by atoms with E-state index in [9.17, 15) is 14.4 Å². The molecule has 4 aromatic rings. The van der Waals surface area contributed by atoms with Gasteiger partial charge in [-0.2, -0.15) is 5.10 Å². The Bertz CT molecular complexity index is 1700. The average molecular weight is 547 g/mol. The average Bonchev–Trinajstić information content (AvgIpc) is 3.25. The Labute approximate surface area is 235 Å². The van der Waals surface area contributed by atoms with Crippen molar-refractivity contribution in [3.8, 4) is 0 Å². The van der Waals surface area contributed by atoms with E-state index in [0.29, 0.717) is 16.3 Å². The van der Waals surface area contributed by atoms with Crippen LogP contribution >= 0.6 is 11.6 Å². The van der Waals surface area contributed by atoms with Crippen LogP contribution in [0.3, 0.4) is 0 Å². The Morgan fingerprint density at radius 1 is 0.950 bits per heavy atom. The number of halogens is 1. The highest BCUT2D eigenvalue weighted by atomic mass is 35.5. The third kappa shape index (κ3) is 3.27. The van der Waals surface area contributed by atoms with Gasteiger partial charge in [0.05, 0.1) is 22.9 Å². The molecule has 1 aromatic heterocycles. The van der Waals surface area contributed by atoms with Gasteiger partial charge in [0.15, 0.2) is 0 Å². The number of pyridine rings is 1. The second-order valence-electron chi connectivity index (χ2n) is 10.4. The van der Waals surface area contributed by atoms with Crippen molar-refractivity contribution in [1.82, 2.24) is 10.4 Å². The van der Waals surface area contributed by atoms with E-state index < -0.39 is 23.2 Å². The predicted octanol–water partition coefficient (Wildman–Crippen LogP) is 5.01. The Morgan fingerprint density at radius 3 is 2.27 bits per heavy atom. The zero-order valence-corrected chi connectivity index (χ0v) is 22.2. The minimum Gasteiger partial charge on any atom is -0.274 e. The summed E-state index contributed by atoms with van der Waals surface area (Å²) in [5.74, 6) is -2.65. The molecule has 2 heterocycles. The van der Waals surface area contributed by atoms with Crippen LogP contribution < -0.4 is 10.3 Å². The van der Waals surface area contributed by atoms with Crippen molar-refractivity contribution in [1.29, 1.82) is 0 Å². The van der Waals surface area contributed by atoms with E-state index in [1.807, 2.05) is 61.5 Å². The van der Waals surface area contributed by atoms with Crippen molar-refractivity contribution >= 4 is 41.2 Å². The van der Waals surface area contributed by atoms with Gasteiger partial charge in [0.1, 0.15) is 0 Å². The van der Waals surface area contributed by atoms with Crippen molar-refractivity contribution in [3.63, 3.8) is 0 Å². The van der Waals surface area contributed by atoms with Crippen LogP contribution in [0.5, 0.6) is 0 Å². The maximum absolute atomic E-state index is 14.5. The molecule has 0 radical (unpaired) electrons. The highest BCUT2D eigenvalue weighted by Gasteiger charge is 2.68. The van der Waals surface area contributed by atoms with Crippen molar-refractivity contribution in [3.05, 3.63) is 130 Å². The molecule has 2 bridgehead atoms. The van der Waals surface area contributed by atoms with Gasteiger partial charge in [0, 0.05) is 35.1 Å². The molecule has 3 aromatic carbocycles. The smallest absolute Gasteiger partial charge is 0.271 e. The quantitative estimate of drug-likeness (QED) is 0.221. The lowest BCUT2D eigenvalue weighted by Gasteiger charge is -2.52. The molecule has 0 unspecified atom stereocenters. The number of aryl methyl sites for hydroxylation is 1. The van der Waals surface area contributed by atoms with Crippen molar-refractivity contribution in [2.24, 2.45) is 16.9 Å². The van der Waals surface area contributed by atoms with Crippen LogP contribution in [0.2, 0.25) is 5.02 Å². The van der Waals surface area contributed by atoms with Gasteiger partial charge in [-0.15, -0.1) is 0 Å². The number of nitrogens with zero attached hydrogens (tertiary/aromatic N) is 3.